The minimum Gasteiger partial charge on any atom is -0.493 e. The van der Waals surface area contributed by atoms with Crippen molar-refractivity contribution in [1.82, 2.24) is 0 Å². The van der Waals surface area contributed by atoms with Crippen molar-refractivity contribution in [3.05, 3.63) is 36.0 Å². The average Bonchev–Trinajstić information content (AvgIpc) is 2.06. The molecule has 0 amide bonds. The van der Waals surface area contributed by atoms with Crippen molar-refractivity contribution >= 4 is 0 Å². The van der Waals surface area contributed by atoms with E-state index in [1.54, 1.807) is 12.1 Å². The first-order chi connectivity index (χ1) is 5.38. The number of hydrogen-bond acceptors (Lipinski definition) is 1. The first-order valence-electron chi connectivity index (χ1n) is 3.62. The fourth-order valence-corrected chi connectivity index (χ4v) is 1.21. The number of hydrogen-bond donors (Lipinski definition) is 0. The van der Waals surface area contributed by atoms with Gasteiger partial charge in [-0.15, -0.1) is 0 Å². The van der Waals surface area contributed by atoms with Crippen molar-refractivity contribution in [3.63, 3.8) is 0 Å². The number of rotatable bonds is 0. The first-order valence-corrected chi connectivity index (χ1v) is 3.62. The van der Waals surface area contributed by atoms with Crippen LogP contribution < -0.4 is 4.74 Å². The lowest BCUT2D eigenvalue weighted by Crippen LogP contribution is -2.07. The highest BCUT2D eigenvalue weighted by atomic mass is 19.1. The van der Waals surface area contributed by atoms with E-state index in [4.69, 9.17) is 4.74 Å². The van der Waals surface area contributed by atoms with Crippen LogP contribution in [0.3, 0.4) is 0 Å². The molecule has 0 saturated carbocycles. The average molecular weight is 151 g/mol. The molecule has 0 bridgehead atoms. The minimum absolute atomic E-state index is 0.192. The molecule has 0 unspecified atom stereocenters. The van der Waals surface area contributed by atoms with E-state index in [-0.39, 0.29) is 5.82 Å². The lowest BCUT2D eigenvalue weighted by molar-refractivity contribution is 0.303. The first kappa shape index (κ1) is 6.65. The van der Waals surface area contributed by atoms with Gasteiger partial charge in [0.1, 0.15) is 11.6 Å². The Labute approximate surface area is 64.8 Å². The van der Waals surface area contributed by atoms with Gasteiger partial charge in [-0.25, -0.2) is 4.39 Å². The largest absolute Gasteiger partial charge is 0.493 e. The Kier molecular flexibility index (Phi) is 1.53. The van der Waals surface area contributed by atoms with Gasteiger partial charge in [0.05, 0.1) is 6.61 Å². The van der Waals surface area contributed by atoms with Crippen LogP contribution in [0, 0.1) is 12.2 Å². The fraction of sp³-hybridized carbons (Fsp3) is 0.222. The molecule has 0 atom stereocenters. The molecule has 0 fully saturated rings. The lowest BCUT2D eigenvalue weighted by atomic mass is 10.1. The normalized spacial score (nSPS) is 15.4. The molecule has 0 aromatic heterocycles. The van der Waals surface area contributed by atoms with E-state index in [1.807, 2.05) is 6.42 Å². The van der Waals surface area contributed by atoms with Gasteiger partial charge in [0.2, 0.25) is 0 Å². The van der Waals surface area contributed by atoms with Crippen LogP contribution in [0.1, 0.15) is 12.0 Å². The molecule has 0 spiro atoms. The lowest BCUT2D eigenvalue weighted by Gasteiger charge is -2.16. The van der Waals surface area contributed by atoms with E-state index in [0.717, 1.165) is 6.42 Å². The van der Waals surface area contributed by atoms with Crippen LogP contribution in [-0.2, 0) is 0 Å². The summed E-state index contributed by atoms with van der Waals surface area (Å²) in [6, 6.07) is 4.89. The molecule has 1 heterocycles. The summed E-state index contributed by atoms with van der Waals surface area (Å²) in [4.78, 5) is 0. The third-order valence-corrected chi connectivity index (χ3v) is 1.74. The van der Waals surface area contributed by atoms with Crippen LogP contribution in [0.15, 0.2) is 18.2 Å². The molecule has 57 valence electrons. The number of benzene rings is 1. The van der Waals surface area contributed by atoms with E-state index in [1.165, 1.54) is 6.07 Å². The van der Waals surface area contributed by atoms with Gasteiger partial charge in [-0.3, -0.25) is 0 Å². The van der Waals surface area contributed by atoms with E-state index < -0.39 is 0 Å². The highest BCUT2D eigenvalue weighted by Gasteiger charge is 2.13. The maximum atomic E-state index is 13.0. The molecule has 1 aliphatic rings. The van der Waals surface area contributed by atoms with Crippen molar-refractivity contribution in [3.8, 4) is 5.75 Å². The second kappa shape index (κ2) is 2.53. The Balaban J connectivity index is 2.49. The molecule has 2 rings (SSSR count). The highest BCUT2D eigenvalue weighted by molar-refractivity contribution is 5.41. The predicted molar refractivity (Wildman–Crippen MR) is 39.9 cm³/mol. The van der Waals surface area contributed by atoms with Gasteiger partial charge in [-0.2, -0.15) is 0 Å². The maximum absolute atomic E-state index is 13.0. The summed E-state index contributed by atoms with van der Waals surface area (Å²) in [5.41, 5.74) is 0.610. The third-order valence-electron chi connectivity index (χ3n) is 1.74. The summed E-state index contributed by atoms with van der Waals surface area (Å²) >= 11 is 0. The van der Waals surface area contributed by atoms with Gasteiger partial charge in [-0.05, 0) is 18.6 Å². The molecule has 1 aromatic carbocycles. The Bertz CT molecular complexity index is 270. The summed E-state index contributed by atoms with van der Waals surface area (Å²) in [5.74, 6) is 0.471. The zero-order chi connectivity index (χ0) is 7.68. The van der Waals surface area contributed by atoms with E-state index >= 15 is 0 Å². The monoisotopic (exact) mass is 151 g/mol. The third kappa shape index (κ3) is 1.09. The van der Waals surface area contributed by atoms with Crippen LogP contribution in [-0.4, -0.2) is 6.61 Å². The second-order valence-electron chi connectivity index (χ2n) is 2.49. The highest BCUT2D eigenvalue weighted by Crippen LogP contribution is 2.27. The van der Waals surface area contributed by atoms with Gasteiger partial charge >= 0.3 is 0 Å². The topological polar surface area (TPSA) is 9.23 Å². The van der Waals surface area contributed by atoms with Crippen LogP contribution in [0.4, 0.5) is 4.39 Å². The molecular formula is C9H8FO. The van der Waals surface area contributed by atoms with Gasteiger partial charge in [0.25, 0.3) is 0 Å². The molecule has 11 heavy (non-hydrogen) atoms. The molecule has 1 aromatic rings. The number of halogens is 1. The van der Waals surface area contributed by atoms with Crippen LogP contribution in [0.25, 0.3) is 0 Å². The summed E-state index contributed by atoms with van der Waals surface area (Å²) < 4.78 is 18.2. The van der Waals surface area contributed by atoms with Crippen molar-refractivity contribution in [2.45, 2.75) is 6.42 Å². The van der Waals surface area contributed by atoms with E-state index in [2.05, 4.69) is 0 Å². The molecule has 0 saturated heterocycles. The van der Waals surface area contributed by atoms with Gasteiger partial charge < -0.3 is 4.74 Å². The molecule has 2 heteroatoms. The summed E-state index contributed by atoms with van der Waals surface area (Å²) in [6.07, 6.45) is 2.67. The Morgan fingerprint density at radius 2 is 2.27 bits per heavy atom. The standard InChI is InChI=1S/C9H8FO/c10-8-4-1-5-9-7(8)3-2-6-11-9/h1,3-5H,2,6H2. The number of fused-ring (bicyclic) bond motifs is 1. The van der Waals surface area contributed by atoms with Crippen molar-refractivity contribution in [2.24, 2.45) is 0 Å². The van der Waals surface area contributed by atoms with Crippen molar-refractivity contribution < 1.29 is 9.13 Å². The molecule has 1 radical (unpaired) electrons. The van der Waals surface area contributed by atoms with E-state index in [0.29, 0.717) is 17.9 Å². The van der Waals surface area contributed by atoms with E-state index in [9.17, 15) is 4.39 Å². The van der Waals surface area contributed by atoms with Gasteiger partial charge in [-0.1, -0.05) is 6.07 Å². The molecule has 1 nitrogen and oxygen atoms in total. The fourth-order valence-electron chi connectivity index (χ4n) is 1.21. The van der Waals surface area contributed by atoms with Gasteiger partial charge in [0.15, 0.2) is 0 Å². The quantitative estimate of drug-likeness (QED) is 0.552. The SMILES string of the molecule is Fc1cccc2c1[CH]CCO2. The van der Waals surface area contributed by atoms with Crippen LogP contribution in [0.2, 0.25) is 0 Å². The second-order valence-corrected chi connectivity index (χ2v) is 2.49. The Morgan fingerprint density at radius 1 is 1.36 bits per heavy atom. The smallest absolute Gasteiger partial charge is 0.130 e. The van der Waals surface area contributed by atoms with Crippen LogP contribution >= 0.6 is 0 Å². The Morgan fingerprint density at radius 3 is 3.09 bits per heavy atom. The minimum atomic E-state index is -0.192. The zero-order valence-corrected chi connectivity index (χ0v) is 6.01. The molecule has 1 aliphatic heterocycles. The Hall–Kier alpha value is -1.05. The predicted octanol–water partition coefficient (Wildman–Crippen LogP) is 2.16. The van der Waals surface area contributed by atoms with Gasteiger partial charge in [0, 0.05) is 12.0 Å². The maximum Gasteiger partial charge on any atom is 0.130 e. The van der Waals surface area contributed by atoms with Crippen LogP contribution in [0.5, 0.6) is 5.75 Å². The summed E-state index contributed by atoms with van der Waals surface area (Å²) in [7, 11) is 0. The van der Waals surface area contributed by atoms with Crippen molar-refractivity contribution in [1.29, 1.82) is 0 Å². The molecular weight excluding hydrogens is 143 g/mol. The molecule has 0 aliphatic carbocycles. The zero-order valence-electron chi connectivity index (χ0n) is 6.01. The summed E-state index contributed by atoms with van der Waals surface area (Å²) in [5, 5.41) is 0. The summed E-state index contributed by atoms with van der Waals surface area (Å²) in [6.45, 7) is 0.663. The van der Waals surface area contributed by atoms with Crippen molar-refractivity contribution in [2.75, 3.05) is 6.61 Å². The molecule has 0 N–H and O–H groups in total. The number of ether oxygens (including phenoxy) is 1.